The van der Waals surface area contributed by atoms with E-state index in [1.54, 1.807) is 48.5 Å². The van der Waals surface area contributed by atoms with Crippen molar-refractivity contribution in [2.24, 2.45) is 4.99 Å². The second-order valence-electron chi connectivity index (χ2n) is 8.88. The van der Waals surface area contributed by atoms with Crippen molar-refractivity contribution in [2.75, 3.05) is 14.2 Å². The van der Waals surface area contributed by atoms with Crippen LogP contribution in [0.4, 0.5) is 21.8 Å². The van der Waals surface area contributed by atoms with E-state index >= 15 is 0 Å². The number of benzene rings is 2. The number of nitrogens with zero attached hydrogens (tertiary/aromatic N) is 2. The molecule has 0 fully saturated rings. The van der Waals surface area contributed by atoms with Crippen LogP contribution in [-0.4, -0.2) is 32.3 Å². The molecule has 4 heterocycles. The van der Waals surface area contributed by atoms with E-state index in [2.05, 4.69) is 4.99 Å². The van der Waals surface area contributed by atoms with E-state index in [0.717, 1.165) is 28.7 Å². The van der Waals surface area contributed by atoms with Gasteiger partial charge in [0, 0.05) is 17.8 Å². The van der Waals surface area contributed by atoms with Crippen molar-refractivity contribution in [1.29, 1.82) is 0 Å². The Balaban J connectivity index is 1.36. The van der Waals surface area contributed by atoms with Gasteiger partial charge >= 0.3 is 13.6 Å². The van der Waals surface area contributed by atoms with Gasteiger partial charge in [-0.1, -0.05) is 22.7 Å². The minimum absolute atomic E-state index is 0.0844. The lowest BCUT2D eigenvalue weighted by atomic mass is 10.1. The fourth-order valence-corrected chi connectivity index (χ4v) is 6.27. The molecule has 0 spiro atoms. The minimum atomic E-state index is -4.97. The molecular weight excluding hydrogens is 598 g/mol. The number of hydrogen-bond donors (Lipinski definition) is 0. The van der Waals surface area contributed by atoms with E-state index in [1.807, 2.05) is 0 Å². The average Bonchev–Trinajstić information content (AvgIpc) is 3.68. The summed E-state index contributed by atoms with van der Waals surface area (Å²) in [5.74, 6) is 2.17. The topological polar surface area (TPSA) is 54.2 Å². The quantitative estimate of drug-likeness (QED) is 0.134. The van der Waals surface area contributed by atoms with Crippen molar-refractivity contribution in [3.05, 3.63) is 88.0 Å². The molecule has 6 nitrogen and oxygen atoms in total. The number of rotatable bonds is 8. The first-order valence-corrected chi connectivity index (χ1v) is 13.8. The van der Waals surface area contributed by atoms with E-state index in [1.165, 1.54) is 32.4 Å². The van der Waals surface area contributed by atoms with Crippen LogP contribution < -0.4 is 28.8 Å². The molecule has 0 radical (unpaired) electrons. The average molecular weight is 616 g/mol. The molecule has 6 rings (SSSR count). The maximum atomic E-state index is 14.5. The van der Waals surface area contributed by atoms with Crippen LogP contribution >= 0.6 is 22.7 Å². The number of ether oxygens (including phenoxy) is 4. The smallest absolute Gasteiger partial charge is 0.497 e. The van der Waals surface area contributed by atoms with Crippen molar-refractivity contribution in [1.82, 2.24) is 4.48 Å². The normalized spacial score (nSPS) is 13.8. The van der Waals surface area contributed by atoms with Gasteiger partial charge in [0.1, 0.15) is 28.6 Å². The molecule has 0 bridgehead atoms. The molecule has 0 amide bonds. The summed E-state index contributed by atoms with van der Waals surface area (Å²) in [6.07, 6.45) is -3.74. The zero-order valence-corrected chi connectivity index (χ0v) is 23.4. The first-order chi connectivity index (χ1) is 20.1. The maximum Gasteiger partial charge on any atom is 0.678 e. The van der Waals surface area contributed by atoms with Gasteiger partial charge in [0.25, 0.3) is 0 Å². The van der Waals surface area contributed by atoms with Crippen LogP contribution in [0.3, 0.4) is 0 Å². The highest BCUT2D eigenvalue weighted by Gasteiger charge is 2.42. The minimum Gasteiger partial charge on any atom is -0.497 e. The third-order valence-electron chi connectivity index (χ3n) is 6.28. The summed E-state index contributed by atoms with van der Waals surface area (Å²) in [5.41, 5.74) is -2.49. The van der Waals surface area contributed by atoms with Gasteiger partial charge < -0.3 is 23.4 Å². The summed E-state index contributed by atoms with van der Waals surface area (Å²) in [7, 11) is -0.202. The van der Waals surface area contributed by atoms with Crippen LogP contribution in [0.15, 0.2) is 77.4 Å². The molecule has 0 unspecified atom stereocenters. The number of aromatic nitrogens is 1. The monoisotopic (exact) mass is 616 g/mol. The molecule has 1 aliphatic heterocycles. The Morgan fingerprint density at radius 3 is 1.83 bits per heavy atom. The molecule has 3 aromatic heterocycles. The second kappa shape index (κ2) is 10.8. The first-order valence-electron chi connectivity index (χ1n) is 12.2. The van der Waals surface area contributed by atoms with Gasteiger partial charge in [-0.05, 0) is 60.7 Å². The van der Waals surface area contributed by atoms with Crippen molar-refractivity contribution in [2.45, 2.75) is 6.18 Å². The van der Waals surface area contributed by atoms with Crippen LogP contribution in [0, 0.1) is 0 Å². The number of hydrogen-bond acceptors (Lipinski definition) is 7. The Morgan fingerprint density at radius 2 is 1.33 bits per heavy atom. The van der Waals surface area contributed by atoms with Crippen LogP contribution in [0.25, 0.3) is 21.9 Å². The lowest BCUT2D eigenvalue weighted by Gasteiger charge is -2.15. The Morgan fingerprint density at radius 1 is 0.786 bits per heavy atom. The van der Waals surface area contributed by atoms with E-state index < -0.39 is 30.5 Å². The largest absolute Gasteiger partial charge is 0.678 e. The standard InChI is InChI=1S/C28H18BF5N2O4S2/c1-37-15-3-7-17(8-4-15)39-25-12-19-23(41-25)11-20(35-19)27(28(30,31)32)22-13-24-21(36(22)29(33)34)14-26(42-24)40-18-9-5-16(38-2)6-10-18/h3-14H,1-2H3/b27-20+. The fourth-order valence-electron chi connectivity index (χ4n) is 4.41. The van der Waals surface area contributed by atoms with E-state index in [4.69, 9.17) is 18.9 Å². The summed E-state index contributed by atoms with van der Waals surface area (Å²) in [5, 5.41) is 0.919. The molecule has 42 heavy (non-hydrogen) atoms. The van der Waals surface area contributed by atoms with Crippen molar-refractivity contribution in [3.63, 3.8) is 0 Å². The molecule has 0 saturated carbocycles. The van der Waals surface area contributed by atoms with Crippen molar-refractivity contribution >= 4 is 51.9 Å². The molecule has 0 atom stereocenters. The van der Waals surface area contributed by atoms with Gasteiger partial charge in [-0.15, -0.1) is 0 Å². The van der Waals surface area contributed by atoms with Crippen LogP contribution in [0.5, 0.6) is 33.1 Å². The zero-order chi connectivity index (χ0) is 29.6. The molecule has 0 saturated heterocycles. The fraction of sp³-hybridized carbons (Fsp3) is 0.107. The highest BCUT2D eigenvalue weighted by Crippen LogP contribution is 2.44. The van der Waals surface area contributed by atoms with E-state index in [9.17, 15) is 21.8 Å². The van der Waals surface area contributed by atoms with Crippen LogP contribution in [0.2, 0.25) is 0 Å². The van der Waals surface area contributed by atoms with Crippen LogP contribution in [0.1, 0.15) is 5.69 Å². The second-order valence-corrected chi connectivity index (χ2v) is 11.0. The summed E-state index contributed by atoms with van der Waals surface area (Å²) >= 11 is 2.05. The Labute approximate surface area is 243 Å². The highest BCUT2D eigenvalue weighted by atomic mass is 32.1. The Bertz CT molecular complexity index is 1890. The molecule has 14 heteroatoms. The Hall–Kier alpha value is -4.30. The number of allylic oxidation sites excluding steroid dienone is 2. The lowest BCUT2D eigenvalue weighted by molar-refractivity contribution is -0.0695. The van der Waals surface area contributed by atoms with E-state index in [0.29, 0.717) is 37.1 Å². The molecule has 0 aliphatic carbocycles. The third kappa shape index (κ3) is 5.34. The lowest BCUT2D eigenvalue weighted by Crippen LogP contribution is -2.21. The number of thiophene rings is 2. The Kier molecular flexibility index (Phi) is 7.19. The molecule has 0 N–H and O–H groups in total. The zero-order valence-electron chi connectivity index (χ0n) is 21.7. The van der Waals surface area contributed by atoms with Gasteiger partial charge in [0.05, 0.1) is 40.0 Å². The molecular formula is C28H18BF5N2O4S2. The summed E-state index contributed by atoms with van der Waals surface area (Å²) in [6.45, 7) is 0. The number of alkyl halides is 3. The summed E-state index contributed by atoms with van der Waals surface area (Å²) in [6, 6.07) is 17.3. The number of methoxy groups -OCH3 is 2. The molecule has 214 valence electrons. The van der Waals surface area contributed by atoms with Gasteiger partial charge in [0.2, 0.25) is 0 Å². The highest BCUT2D eigenvalue weighted by molar-refractivity contribution is 7.20. The van der Waals surface area contributed by atoms with Gasteiger partial charge in [-0.25, -0.2) is 4.99 Å². The molecule has 1 aliphatic rings. The van der Waals surface area contributed by atoms with Crippen molar-refractivity contribution in [3.8, 4) is 33.1 Å². The SMILES string of the molecule is COc1ccc(Oc2cc3c(s2)=C/C(=C(/c2cc4sc(Oc5ccc(OC)cc5)cc4n2B(F)F)C(F)(F)F)N=3)cc1. The molecule has 2 aromatic carbocycles. The third-order valence-corrected chi connectivity index (χ3v) is 8.18. The summed E-state index contributed by atoms with van der Waals surface area (Å²) in [4.78, 5) is 4.15. The molecule has 5 aromatic rings. The number of fused-ring (bicyclic) bond motifs is 2. The van der Waals surface area contributed by atoms with Gasteiger partial charge in [-0.3, -0.25) is 8.63 Å². The van der Waals surface area contributed by atoms with Gasteiger partial charge in [0.15, 0.2) is 10.1 Å². The van der Waals surface area contributed by atoms with Crippen molar-refractivity contribution < 1.29 is 40.8 Å². The summed E-state index contributed by atoms with van der Waals surface area (Å²) < 4.78 is 94.8. The predicted molar refractivity (Wildman–Crippen MR) is 152 cm³/mol. The number of halogens is 5. The predicted octanol–water partition coefficient (Wildman–Crippen LogP) is 7.53. The van der Waals surface area contributed by atoms with Gasteiger partial charge in [-0.2, -0.15) is 13.2 Å². The first kappa shape index (κ1) is 27.9. The van der Waals surface area contributed by atoms with Crippen LogP contribution in [-0.2, 0) is 0 Å². The van der Waals surface area contributed by atoms with E-state index in [-0.39, 0.29) is 20.6 Å². The maximum absolute atomic E-state index is 14.5.